The van der Waals surface area contributed by atoms with Crippen molar-refractivity contribution in [2.45, 2.75) is 37.8 Å². The first-order valence-corrected chi connectivity index (χ1v) is 14.4. The lowest BCUT2D eigenvalue weighted by molar-refractivity contribution is -0.139. The van der Waals surface area contributed by atoms with Crippen molar-refractivity contribution < 1.29 is 22.7 Å². The van der Waals surface area contributed by atoms with Gasteiger partial charge in [-0.15, -0.1) is 0 Å². The molecule has 1 saturated heterocycles. The standard InChI is InChI=1S/C27H33ClN4O5S/c1-5-37-26(33)24-23(30(4)27(34)29-25(24)20-8-10-21(28)11-9-20)17-31-14-15-32(19(3)16-31)38(35,36)22-12-6-18(2)7-13-22/h6-13,19,25H,5,14-17H2,1-4H3,(H,29,34). The fourth-order valence-corrected chi connectivity index (χ4v) is 6.62. The fraction of sp³-hybridized carbons (Fsp3) is 0.407. The predicted molar refractivity (Wildman–Crippen MR) is 145 cm³/mol. The van der Waals surface area contributed by atoms with Crippen molar-refractivity contribution in [1.82, 2.24) is 19.4 Å². The zero-order chi connectivity index (χ0) is 27.6. The highest BCUT2D eigenvalue weighted by Crippen LogP contribution is 2.32. The number of carbonyl (C=O) groups is 2. The van der Waals surface area contributed by atoms with Crippen LogP contribution in [0, 0.1) is 6.92 Å². The zero-order valence-corrected chi connectivity index (χ0v) is 23.6. The van der Waals surface area contributed by atoms with Crippen LogP contribution >= 0.6 is 11.6 Å². The molecule has 4 rings (SSSR count). The summed E-state index contributed by atoms with van der Waals surface area (Å²) in [6.07, 6.45) is 0. The Balaban J connectivity index is 1.62. The van der Waals surface area contributed by atoms with Crippen molar-refractivity contribution in [1.29, 1.82) is 0 Å². The lowest BCUT2D eigenvalue weighted by Crippen LogP contribution is -2.56. The maximum atomic E-state index is 13.3. The number of sulfonamides is 1. The van der Waals surface area contributed by atoms with Crippen LogP contribution in [0.4, 0.5) is 4.79 Å². The summed E-state index contributed by atoms with van der Waals surface area (Å²) in [4.78, 5) is 29.9. The molecule has 11 heteroatoms. The average Bonchev–Trinajstić information content (AvgIpc) is 2.87. The highest BCUT2D eigenvalue weighted by atomic mass is 35.5. The predicted octanol–water partition coefficient (Wildman–Crippen LogP) is 3.56. The maximum Gasteiger partial charge on any atom is 0.338 e. The van der Waals surface area contributed by atoms with Gasteiger partial charge in [-0.25, -0.2) is 18.0 Å². The minimum atomic E-state index is -3.65. The number of amides is 2. The van der Waals surface area contributed by atoms with E-state index in [-0.39, 0.29) is 36.7 Å². The second-order valence-electron chi connectivity index (χ2n) is 9.59. The number of hydrogen-bond donors (Lipinski definition) is 1. The van der Waals surface area contributed by atoms with E-state index in [0.29, 0.717) is 34.9 Å². The number of piperazine rings is 1. The second-order valence-corrected chi connectivity index (χ2v) is 11.9. The van der Waals surface area contributed by atoms with Crippen molar-refractivity contribution >= 4 is 33.6 Å². The largest absolute Gasteiger partial charge is 0.463 e. The molecule has 2 aromatic carbocycles. The summed E-state index contributed by atoms with van der Waals surface area (Å²) >= 11 is 6.06. The van der Waals surface area contributed by atoms with Crippen LogP contribution in [0.3, 0.4) is 0 Å². The molecule has 2 amide bonds. The molecule has 2 heterocycles. The zero-order valence-electron chi connectivity index (χ0n) is 22.0. The number of urea groups is 1. The molecule has 0 saturated carbocycles. The van der Waals surface area contributed by atoms with E-state index >= 15 is 0 Å². The van der Waals surface area contributed by atoms with Crippen LogP contribution in [0.25, 0.3) is 0 Å². The normalized spacial score (nSPS) is 21.4. The van der Waals surface area contributed by atoms with Gasteiger partial charge in [-0.2, -0.15) is 4.31 Å². The van der Waals surface area contributed by atoms with Gasteiger partial charge in [0.1, 0.15) is 0 Å². The van der Waals surface area contributed by atoms with E-state index in [2.05, 4.69) is 10.2 Å². The highest BCUT2D eigenvalue weighted by molar-refractivity contribution is 7.89. The number of hydrogen-bond acceptors (Lipinski definition) is 6. The Kier molecular flexibility index (Phi) is 8.46. The van der Waals surface area contributed by atoms with Crippen LogP contribution in [0.2, 0.25) is 5.02 Å². The smallest absolute Gasteiger partial charge is 0.338 e. The first-order chi connectivity index (χ1) is 18.0. The highest BCUT2D eigenvalue weighted by Gasteiger charge is 2.39. The fourth-order valence-electron chi connectivity index (χ4n) is 4.88. The number of likely N-dealkylation sites (N-methyl/N-ethyl adjacent to an activating group) is 1. The Morgan fingerprint density at radius 3 is 2.37 bits per heavy atom. The second kappa shape index (κ2) is 11.4. The molecule has 1 N–H and O–H groups in total. The Morgan fingerprint density at radius 2 is 1.76 bits per heavy atom. The number of benzene rings is 2. The minimum Gasteiger partial charge on any atom is -0.463 e. The van der Waals surface area contributed by atoms with Gasteiger partial charge < -0.3 is 10.1 Å². The molecule has 0 aromatic heterocycles. The molecule has 9 nitrogen and oxygen atoms in total. The summed E-state index contributed by atoms with van der Waals surface area (Å²) in [7, 11) is -2.03. The van der Waals surface area contributed by atoms with Crippen LogP contribution in [-0.2, 0) is 19.6 Å². The number of rotatable bonds is 7. The first-order valence-electron chi connectivity index (χ1n) is 12.5. The molecule has 2 aromatic rings. The van der Waals surface area contributed by atoms with Gasteiger partial charge in [0.25, 0.3) is 0 Å². The van der Waals surface area contributed by atoms with Gasteiger partial charge in [-0.1, -0.05) is 41.4 Å². The summed E-state index contributed by atoms with van der Waals surface area (Å²) in [5.74, 6) is -0.511. The topological polar surface area (TPSA) is 99.3 Å². The number of carbonyl (C=O) groups excluding carboxylic acids is 2. The summed E-state index contributed by atoms with van der Waals surface area (Å²) in [6.45, 7) is 7.15. The van der Waals surface area contributed by atoms with Gasteiger partial charge in [0.15, 0.2) is 0 Å². The Morgan fingerprint density at radius 1 is 1.11 bits per heavy atom. The number of aryl methyl sites for hydroxylation is 1. The van der Waals surface area contributed by atoms with Crippen molar-refractivity contribution in [3.05, 3.63) is 76.0 Å². The molecule has 0 spiro atoms. The summed E-state index contributed by atoms with van der Waals surface area (Å²) in [5.41, 5.74) is 2.57. The molecule has 2 unspecified atom stereocenters. The van der Waals surface area contributed by atoms with Crippen molar-refractivity contribution in [3.8, 4) is 0 Å². The average molecular weight is 561 g/mol. The van der Waals surface area contributed by atoms with Gasteiger partial charge >= 0.3 is 12.0 Å². The SMILES string of the molecule is CCOC(=O)C1=C(CN2CCN(S(=O)(=O)c3ccc(C)cc3)C(C)C2)N(C)C(=O)NC1c1ccc(Cl)cc1. The van der Waals surface area contributed by atoms with Crippen LogP contribution in [0.5, 0.6) is 0 Å². The molecule has 1 fully saturated rings. The summed E-state index contributed by atoms with van der Waals surface area (Å²) in [6, 6.07) is 12.4. The first kappa shape index (κ1) is 28.1. The minimum absolute atomic E-state index is 0.188. The molecular formula is C27H33ClN4O5S. The lowest BCUT2D eigenvalue weighted by Gasteiger charge is -2.41. The van der Waals surface area contributed by atoms with E-state index in [9.17, 15) is 18.0 Å². The van der Waals surface area contributed by atoms with Gasteiger partial charge in [0, 0.05) is 50.0 Å². The van der Waals surface area contributed by atoms with Crippen LogP contribution in [-0.4, -0.2) is 80.4 Å². The van der Waals surface area contributed by atoms with Crippen LogP contribution < -0.4 is 5.32 Å². The monoisotopic (exact) mass is 560 g/mol. The van der Waals surface area contributed by atoms with Gasteiger partial charge in [-0.3, -0.25) is 9.80 Å². The quantitative estimate of drug-likeness (QED) is 0.520. The van der Waals surface area contributed by atoms with Gasteiger partial charge in [-0.05, 0) is 50.6 Å². The van der Waals surface area contributed by atoms with E-state index < -0.39 is 22.0 Å². The number of nitrogens with zero attached hydrogens (tertiary/aromatic N) is 3. The molecule has 0 bridgehead atoms. The van der Waals surface area contributed by atoms with Gasteiger partial charge in [0.2, 0.25) is 10.0 Å². The summed E-state index contributed by atoms with van der Waals surface area (Å²) in [5, 5.41) is 3.44. The maximum absolute atomic E-state index is 13.3. The number of esters is 1. The Hall–Kier alpha value is -2.92. The molecule has 38 heavy (non-hydrogen) atoms. The molecule has 204 valence electrons. The van der Waals surface area contributed by atoms with Crippen molar-refractivity contribution in [2.24, 2.45) is 0 Å². The number of halogens is 1. The summed E-state index contributed by atoms with van der Waals surface area (Å²) < 4.78 is 33.5. The van der Waals surface area contributed by atoms with E-state index in [0.717, 1.165) is 5.56 Å². The molecule has 0 aliphatic carbocycles. The van der Waals surface area contributed by atoms with E-state index in [4.69, 9.17) is 16.3 Å². The van der Waals surface area contributed by atoms with Crippen molar-refractivity contribution in [2.75, 3.05) is 39.8 Å². The van der Waals surface area contributed by atoms with Crippen LogP contribution in [0.1, 0.15) is 31.0 Å². The lowest BCUT2D eigenvalue weighted by atomic mass is 9.94. The molecule has 0 radical (unpaired) electrons. The molecule has 2 aliphatic heterocycles. The third kappa shape index (κ3) is 5.73. The Bertz CT molecular complexity index is 1330. The third-order valence-corrected chi connectivity index (χ3v) is 9.21. The molecule has 2 aliphatic rings. The van der Waals surface area contributed by atoms with Gasteiger partial charge in [0.05, 0.1) is 23.1 Å². The van der Waals surface area contributed by atoms with E-state index in [1.54, 1.807) is 62.5 Å². The molecule has 2 atom stereocenters. The number of ether oxygens (including phenoxy) is 1. The van der Waals surface area contributed by atoms with Crippen molar-refractivity contribution in [3.63, 3.8) is 0 Å². The molecular weight excluding hydrogens is 528 g/mol. The van der Waals surface area contributed by atoms with E-state index in [1.807, 2.05) is 13.8 Å². The Labute approximate surface area is 229 Å². The van der Waals surface area contributed by atoms with E-state index in [1.165, 1.54) is 9.21 Å². The third-order valence-electron chi connectivity index (χ3n) is 6.93. The number of nitrogens with one attached hydrogen (secondary N) is 1. The van der Waals surface area contributed by atoms with Crippen LogP contribution in [0.15, 0.2) is 64.7 Å².